The molecule has 1 aromatic rings. The van der Waals surface area contributed by atoms with Crippen molar-refractivity contribution < 1.29 is 24.2 Å². The minimum Gasteiger partial charge on any atom is -0.486 e. The van der Waals surface area contributed by atoms with Crippen LogP contribution in [0, 0.1) is 5.92 Å². The van der Waals surface area contributed by atoms with Crippen molar-refractivity contribution in [2.24, 2.45) is 5.92 Å². The molecule has 1 heterocycles. The maximum atomic E-state index is 11.9. The highest BCUT2D eigenvalue weighted by atomic mass is 16.6. The van der Waals surface area contributed by atoms with Crippen LogP contribution in [0.2, 0.25) is 0 Å². The second-order valence-electron chi connectivity index (χ2n) is 5.26. The van der Waals surface area contributed by atoms with Gasteiger partial charge >= 0.3 is 12.0 Å². The minimum atomic E-state index is -0.925. The normalized spacial score (nSPS) is 14.1. The second kappa shape index (κ2) is 7.02. The number of ether oxygens (including phenoxy) is 2. The quantitative estimate of drug-likeness (QED) is 0.856. The number of carboxylic acid groups (broad SMARTS) is 1. The number of hydrogen-bond acceptors (Lipinski definition) is 4. The van der Waals surface area contributed by atoms with E-state index in [2.05, 4.69) is 5.32 Å². The molecule has 120 valence electrons. The molecular weight excluding hydrogens is 288 g/mol. The van der Waals surface area contributed by atoms with Crippen molar-refractivity contribution in [1.29, 1.82) is 0 Å². The second-order valence-corrected chi connectivity index (χ2v) is 5.26. The van der Waals surface area contributed by atoms with Crippen LogP contribution in [0.4, 0.5) is 4.79 Å². The number of nitrogens with one attached hydrogen (secondary N) is 1. The molecule has 2 rings (SSSR count). The Morgan fingerprint density at radius 3 is 2.68 bits per heavy atom. The number of rotatable bonds is 5. The van der Waals surface area contributed by atoms with Crippen molar-refractivity contribution in [3.05, 3.63) is 23.8 Å². The van der Waals surface area contributed by atoms with E-state index in [1.165, 1.54) is 4.90 Å². The Kier molecular flexibility index (Phi) is 5.08. The Hall–Kier alpha value is -2.44. The van der Waals surface area contributed by atoms with E-state index in [-0.39, 0.29) is 12.6 Å². The molecule has 1 unspecified atom stereocenters. The summed E-state index contributed by atoms with van der Waals surface area (Å²) in [5.74, 6) is -0.156. The third-order valence-electron chi connectivity index (χ3n) is 3.37. The molecule has 2 amide bonds. The first-order chi connectivity index (χ1) is 10.5. The molecule has 22 heavy (non-hydrogen) atoms. The zero-order valence-electron chi connectivity index (χ0n) is 12.7. The van der Waals surface area contributed by atoms with Gasteiger partial charge in [-0.1, -0.05) is 13.0 Å². The number of urea groups is 1. The van der Waals surface area contributed by atoms with Crippen LogP contribution in [0.5, 0.6) is 11.5 Å². The summed E-state index contributed by atoms with van der Waals surface area (Å²) >= 11 is 0. The SMILES string of the molecule is CC(CN(C)C(=O)NCc1ccc2c(c1)OCCO2)C(=O)O. The number of nitrogens with zero attached hydrogens (tertiary/aromatic N) is 1. The predicted molar refractivity (Wildman–Crippen MR) is 79.1 cm³/mol. The predicted octanol–water partition coefficient (Wildman–Crippen LogP) is 1.32. The molecule has 0 fully saturated rings. The molecule has 2 N–H and O–H groups in total. The average molecular weight is 308 g/mol. The summed E-state index contributed by atoms with van der Waals surface area (Å²) < 4.78 is 10.9. The highest BCUT2D eigenvalue weighted by Gasteiger charge is 2.17. The summed E-state index contributed by atoms with van der Waals surface area (Å²) in [6, 6.07) is 5.18. The van der Waals surface area contributed by atoms with Crippen molar-refractivity contribution in [3.8, 4) is 11.5 Å². The van der Waals surface area contributed by atoms with E-state index >= 15 is 0 Å². The largest absolute Gasteiger partial charge is 0.486 e. The van der Waals surface area contributed by atoms with E-state index in [4.69, 9.17) is 14.6 Å². The van der Waals surface area contributed by atoms with Gasteiger partial charge in [-0.25, -0.2) is 4.79 Å². The van der Waals surface area contributed by atoms with Gasteiger partial charge in [0.05, 0.1) is 5.92 Å². The number of carboxylic acids is 1. The van der Waals surface area contributed by atoms with Gasteiger partial charge in [0.25, 0.3) is 0 Å². The fourth-order valence-corrected chi connectivity index (χ4v) is 2.08. The molecule has 0 saturated carbocycles. The molecule has 0 bridgehead atoms. The topological polar surface area (TPSA) is 88.1 Å². The van der Waals surface area contributed by atoms with Gasteiger partial charge in [-0.15, -0.1) is 0 Å². The Morgan fingerprint density at radius 2 is 2.00 bits per heavy atom. The lowest BCUT2D eigenvalue weighted by molar-refractivity contribution is -0.141. The Bertz CT molecular complexity index is 561. The van der Waals surface area contributed by atoms with Crippen LogP contribution >= 0.6 is 0 Å². The number of fused-ring (bicyclic) bond motifs is 1. The molecule has 0 spiro atoms. The summed E-state index contributed by atoms with van der Waals surface area (Å²) in [5.41, 5.74) is 0.886. The molecule has 0 aromatic heterocycles. The zero-order valence-corrected chi connectivity index (χ0v) is 12.7. The van der Waals surface area contributed by atoms with Gasteiger partial charge in [0.2, 0.25) is 0 Å². The Balaban J connectivity index is 1.87. The third kappa shape index (κ3) is 4.03. The summed E-state index contributed by atoms with van der Waals surface area (Å²) in [5, 5.41) is 11.6. The van der Waals surface area contributed by atoms with E-state index < -0.39 is 11.9 Å². The van der Waals surface area contributed by atoms with Crippen LogP contribution in [-0.4, -0.2) is 48.8 Å². The fourth-order valence-electron chi connectivity index (χ4n) is 2.08. The number of aliphatic carboxylic acids is 1. The number of amides is 2. The van der Waals surface area contributed by atoms with Crippen molar-refractivity contribution in [3.63, 3.8) is 0 Å². The maximum Gasteiger partial charge on any atom is 0.317 e. The maximum absolute atomic E-state index is 11.9. The van der Waals surface area contributed by atoms with Crippen LogP contribution in [0.1, 0.15) is 12.5 Å². The van der Waals surface area contributed by atoms with Gasteiger partial charge in [-0.2, -0.15) is 0 Å². The Morgan fingerprint density at radius 1 is 1.32 bits per heavy atom. The smallest absolute Gasteiger partial charge is 0.317 e. The molecule has 7 nitrogen and oxygen atoms in total. The number of carbonyl (C=O) groups excluding carboxylic acids is 1. The highest BCUT2D eigenvalue weighted by Crippen LogP contribution is 2.30. The summed E-state index contributed by atoms with van der Waals surface area (Å²) in [7, 11) is 1.57. The van der Waals surface area contributed by atoms with E-state index in [9.17, 15) is 9.59 Å². The molecule has 1 aromatic carbocycles. The van der Waals surface area contributed by atoms with Crippen LogP contribution < -0.4 is 14.8 Å². The van der Waals surface area contributed by atoms with Crippen LogP contribution in [0.15, 0.2) is 18.2 Å². The first-order valence-electron chi connectivity index (χ1n) is 7.07. The number of hydrogen-bond donors (Lipinski definition) is 2. The van der Waals surface area contributed by atoms with Gasteiger partial charge in [0.1, 0.15) is 13.2 Å². The van der Waals surface area contributed by atoms with E-state index in [0.717, 1.165) is 5.56 Å². The Labute approximate surface area is 128 Å². The molecular formula is C15H20N2O5. The lowest BCUT2D eigenvalue weighted by Crippen LogP contribution is -2.40. The van der Waals surface area contributed by atoms with E-state index in [1.54, 1.807) is 14.0 Å². The molecule has 0 aliphatic carbocycles. The zero-order chi connectivity index (χ0) is 16.1. The summed E-state index contributed by atoms with van der Waals surface area (Å²) in [6.45, 7) is 3.10. The monoisotopic (exact) mass is 308 g/mol. The molecule has 0 radical (unpaired) electrons. The average Bonchev–Trinajstić information content (AvgIpc) is 2.52. The van der Waals surface area contributed by atoms with Gasteiger partial charge in [-0.3, -0.25) is 4.79 Å². The van der Waals surface area contributed by atoms with Crippen LogP contribution in [-0.2, 0) is 11.3 Å². The van der Waals surface area contributed by atoms with E-state index in [1.807, 2.05) is 18.2 Å². The van der Waals surface area contributed by atoms with E-state index in [0.29, 0.717) is 31.3 Å². The minimum absolute atomic E-state index is 0.155. The van der Waals surface area contributed by atoms with Crippen molar-refractivity contribution in [2.75, 3.05) is 26.8 Å². The van der Waals surface area contributed by atoms with Gasteiger partial charge in [0, 0.05) is 20.1 Å². The molecule has 1 atom stereocenters. The van der Waals surface area contributed by atoms with Gasteiger partial charge in [0.15, 0.2) is 11.5 Å². The van der Waals surface area contributed by atoms with Crippen LogP contribution in [0.3, 0.4) is 0 Å². The van der Waals surface area contributed by atoms with Gasteiger partial charge < -0.3 is 24.8 Å². The fraction of sp³-hybridized carbons (Fsp3) is 0.467. The molecule has 0 saturated heterocycles. The lowest BCUT2D eigenvalue weighted by Gasteiger charge is -2.21. The first-order valence-corrected chi connectivity index (χ1v) is 7.07. The molecule has 1 aliphatic rings. The van der Waals surface area contributed by atoms with Crippen molar-refractivity contribution >= 4 is 12.0 Å². The number of benzene rings is 1. The molecule has 7 heteroatoms. The summed E-state index contributed by atoms with van der Waals surface area (Å²) in [4.78, 5) is 24.1. The van der Waals surface area contributed by atoms with Crippen molar-refractivity contribution in [1.82, 2.24) is 10.2 Å². The first kappa shape index (κ1) is 15.9. The van der Waals surface area contributed by atoms with Crippen LogP contribution in [0.25, 0.3) is 0 Å². The highest BCUT2D eigenvalue weighted by molar-refractivity contribution is 5.75. The van der Waals surface area contributed by atoms with Gasteiger partial charge in [-0.05, 0) is 17.7 Å². The third-order valence-corrected chi connectivity index (χ3v) is 3.37. The molecule has 1 aliphatic heterocycles. The number of carbonyl (C=O) groups is 2. The summed E-state index contributed by atoms with van der Waals surface area (Å²) in [6.07, 6.45) is 0. The standard InChI is InChI=1S/C15H20N2O5/c1-10(14(18)19)9-17(2)15(20)16-8-11-3-4-12-13(7-11)22-6-5-21-12/h3-4,7,10H,5-6,8-9H2,1-2H3,(H,16,20)(H,18,19). The van der Waals surface area contributed by atoms with Crippen molar-refractivity contribution in [2.45, 2.75) is 13.5 Å². The lowest BCUT2D eigenvalue weighted by atomic mass is 10.2.